The molecule has 2 rings (SSSR count). The summed E-state index contributed by atoms with van der Waals surface area (Å²) in [5, 5.41) is 2.62. The lowest BCUT2D eigenvalue weighted by Crippen LogP contribution is -2.47. The Kier molecular flexibility index (Phi) is 7.21. The second-order valence-corrected chi connectivity index (χ2v) is 6.88. The molecule has 0 aromatic heterocycles. The van der Waals surface area contributed by atoms with Crippen LogP contribution in [0.2, 0.25) is 0 Å². The second-order valence-electron chi connectivity index (χ2n) is 5.96. The van der Waals surface area contributed by atoms with Crippen LogP contribution in [-0.4, -0.2) is 36.9 Å². The summed E-state index contributed by atoms with van der Waals surface area (Å²) in [6, 6.07) is 14.5. The predicted molar refractivity (Wildman–Crippen MR) is 105 cm³/mol. The summed E-state index contributed by atoms with van der Waals surface area (Å²) < 4.78 is 6.11. The van der Waals surface area contributed by atoms with Gasteiger partial charge in [-0.05, 0) is 42.3 Å². The number of nitrogens with one attached hydrogen (secondary N) is 1. The molecule has 2 aromatic rings. The third-order valence-corrected chi connectivity index (χ3v) is 4.72. The topological polar surface area (TPSA) is 58.6 Å². The van der Waals surface area contributed by atoms with Crippen molar-refractivity contribution in [3.05, 3.63) is 64.1 Å². The second kappa shape index (κ2) is 9.38. The number of hydrogen-bond acceptors (Lipinski definition) is 3. The van der Waals surface area contributed by atoms with E-state index < -0.39 is 6.04 Å². The van der Waals surface area contributed by atoms with E-state index in [1.165, 1.54) is 0 Å². The number of nitrogens with zero attached hydrogens (tertiary/aromatic N) is 1. The molecule has 0 bridgehead atoms. The minimum absolute atomic E-state index is 0.103. The van der Waals surface area contributed by atoms with E-state index in [2.05, 4.69) is 21.2 Å². The zero-order valence-electron chi connectivity index (χ0n) is 15.2. The molecule has 0 fully saturated rings. The lowest BCUT2D eigenvalue weighted by Gasteiger charge is -2.28. The van der Waals surface area contributed by atoms with Crippen molar-refractivity contribution >= 4 is 27.7 Å². The molecule has 2 aromatic carbocycles. The standard InChI is InChI=1S/C20H23BrN2O3/c1-14(20(25)22-2)23(13-16-4-8-17(21)9-5-16)19(24)12-15-6-10-18(26-3)11-7-15/h4-11,14H,12-13H2,1-3H3,(H,22,25)/t14-/m0/s1. The molecule has 1 N–H and O–H groups in total. The van der Waals surface area contributed by atoms with Crippen LogP contribution in [0.3, 0.4) is 0 Å². The molecule has 1 atom stereocenters. The van der Waals surface area contributed by atoms with E-state index in [1.807, 2.05) is 48.5 Å². The molecular weight excluding hydrogens is 396 g/mol. The van der Waals surface area contributed by atoms with Gasteiger partial charge in [-0.25, -0.2) is 0 Å². The van der Waals surface area contributed by atoms with Crippen LogP contribution in [0, 0.1) is 0 Å². The Hall–Kier alpha value is -2.34. The van der Waals surface area contributed by atoms with Crippen LogP contribution in [0.4, 0.5) is 0 Å². The van der Waals surface area contributed by atoms with Crippen molar-refractivity contribution < 1.29 is 14.3 Å². The Balaban J connectivity index is 2.18. The van der Waals surface area contributed by atoms with Crippen LogP contribution in [0.5, 0.6) is 5.75 Å². The molecule has 0 aliphatic carbocycles. The van der Waals surface area contributed by atoms with Crippen LogP contribution >= 0.6 is 15.9 Å². The van der Waals surface area contributed by atoms with E-state index in [-0.39, 0.29) is 18.2 Å². The molecule has 2 amide bonds. The average molecular weight is 419 g/mol. The first-order chi connectivity index (χ1) is 12.4. The van der Waals surface area contributed by atoms with Crippen LogP contribution < -0.4 is 10.1 Å². The van der Waals surface area contributed by atoms with Gasteiger partial charge in [0.05, 0.1) is 13.5 Å². The first kappa shape index (κ1) is 20.0. The third kappa shape index (κ3) is 5.33. The molecule has 0 saturated carbocycles. The SMILES string of the molecule is CNC(=O)[C@H](C)N(Cc1ccc(Br)cc1)C(=O)Cc1ccc(OC)cc1. The maximum Gasteiger partial charge on any atom is 0.242 e. The van der Waals surface area contributed by atoms with Crippen LogP contribution in [0.15, 0.2) is 53.0 Å². The van der Waals surface area contributed by atoms with Crippen molar-refractivity contribution in [3.63, 3.8) is 0 Å². The van der Waals surface area contributed by atoms with E-state index in [9.17, 15) is 9.59 Å². The lowest BCUT2D eigenvalue weighted by atomic mass is 10.1. The van der Waals surface area contributed by atoms with E-state index in [1.54, 1.807) is 26.0 Å². The Morgan fingerprint density at radius 1 is 1.08 bits per heavy atom. The Morgan fingerprint density at radius 3 is 2.19 bits per heavy atom. The monoisotopic (exact) mass is 418 g/mol. The average Bonchev–Trinajstić information content (AvgIpc) is 2.66. The van der Waals surface area contributed by atoms with Crippen LogP contribution in [0.1, 0.15) is 18.1 Å². The number of carbonyl (C=O) groups is 2. The van der Waals surface area contributed by atoms with Crippen LogP contribution in [-0.2, 0) is 22.6 Å². The number of rotatable bonds is 7. The van der Waals surface area contributed by atoms with Crippen molar-refractivity contribution in [2.45, 2.75) is 25.9 Å². The normalized spacial score (nSPS) is 11.5. The molecule has 138 valence electrons. The maximum atomic E-state index is 12.9. The zero-order valence-corrected chi connectivity index (χ0v) is 16.7. The number of likely N-dealkylation sites (N-methyl/N-ethyl adjacent to an activating group) is 1. The molecule has 0 radical (unpaired) electrons. The highest BCUT2D eigenvalue weighted by Crippen LogP contribution is 2.17. The highest BCUT2D eigenvalue weighted by molar-refractivity contribution is 9.10. The van der Waals surface area contributed by atoms with Crippen molar-refractivity contribution in [2.24, 2.45) is 0 Å². The number of amides is 2. The van der Waals surface area contributed by atoms with Gasteiger partial charge in [-0.3, -0.25) is 9.59 Å². The summed E-state index contributed by atoms with van der Waals surface area (Å²) in [4.78, 5) is 26.6. The van der Waals surface area contributed by atoms with Gasteiger partial charge in [0.25, 0.3) is 0 Å². The largest absolute Gasteiger partial charge is 0.497 e. The Labute approximate surface area is 162 Å². The van der Waals surface area contributed by atoms with E-state index in [4.69, 9.17) is 4.74 Å². The number of methoxy groups -OCH3 is 1. The van der Waals surface area contributed by atoms with E-state index in [0.29, 0.717) is 6.54 Å². The minimum atomic E-state index is -0.561. The van der Waals surface area contributed by atoms with Gasteiger partial charge in [0.2, 0.25) is 11.8 Å². The van der Waals surface area contributed by atoms with Gasteiger partial charge >= 0.3 is 0 Å². The molecule has 0 unspecified atom stereocenters. The highest BCUT2D eigenvalue weighted by atomic mass is 79.9. The summed E-state index contributed by atoms with van der Waals surface area (Å²) in [5.74, 6) is 0.450. The number of halogens is 1. The number of ether oxygens (including phenoxy) is 1. The molecule has 0 spiro atoms. The summed E-state index contributed by atoms with van der Waals surface area (Å²) >= 11 is 3.41. The van der Waals surface area contributed by atoms with Gasteiger partial charge < -0.3 is 15.0 Å². The van der Waals surface area contributed by atoms with Crippen molar-refractivity contribution in [1.29, 1.82) is 0 Å². The summed E-state index contributed by atoms with van der Waals surface area (Å²) in [6.45, 7) is 2.11. The predicted octanol–water partition coefficient (Wildman–Crippen LogP) is 3.16. The maximum absolute atomic E-state index is 12.9. The van der Waals surface area contributed by atoms with Crippen LogP contribution in [0.25, 0.3) is 0 Å². The fourth-order valence-corrected chi connectivity index (χ4v) is 2.86. The van der Waals surface area contributed by atoms with Crippen molar-refractivity contribution in [1.82, 2.24) is 10.2 Å². The first-order valence-corrected chi connectivity index (χ1v) is 9.12. The number of hydrogen-bond donors (Lipinski definition) is 1. The Morgan fingerprint density at radius 2 is 1.65 bits per heavy atom. The van der Waals surface area contributed by atoms with Gasteiger partial charge in [0.15, 0.2) is 0 Å². The molecule has 0 heterocycles. The molecular formula is C20H23BrN2O3. The van der Waals surface area contributed by atoms with E-state index in [0.717, 1.165) is 21.3 Å². The smallest absolute Gasteiger partial charge is 0.242 e. The molecule has 0 aliphatic heterocycles. The van der Waals surface area contributed by atoms with Gasteiger partial charge in [-0.15, -0.1) is 0 Å². The van der Waals surface area contributed by atoms with E-state index >= 15 is 0 Å². The van der Waals surface area contributed by atoms with Gasteiger partial charge in [0, 0.05) is 18.1 Å². The summed E-state index contributed by atoms with van der Waals surface area (Å²) in [5.41, 5.74) is 1.84. The first-order valence-electron chi connectivity index (χ1n) is 8.33. The minimum Gasteiger partial charge on any atom is -0.497 e. The van der Waals surface area contributed by atoms with Crippen molar-refractivity contribution in [3.8, 4) is 5.75 Å². The highest BCUT2D eigenvalue weighted by Gasteiger charge is 2.25. The lowest BCUT2D eigenvalue weighted by molar-refractivity contribution is -0.139. The Bertz CT molecular complexity index is 745. The molecule has 6 heteroatoms. The van der Waals surface area contributed by atoms with Crippen molar-refractivity contribution in [2.75, 3.05) is 14.2 Å². The molecule has 0 aliphatic rings. The zero-order chi connectivity index (χ0) is 19.1. The third-order valence-electron chi connectivity index (χ3n) is 4.19. The fraction of sp³-hybridized carbons (Fsp3) is 0.300. The molecule has 0 saturated heterocycles. The van der Waals surface area contributed by atoms with Gasteiger partial charge in [-0.2, -0.15) is 0 Å². The number of carbonyl (C=O) groups excluding carboxylic acids is 2. The van der Waals surface area contributed by atoms with Gasteiger partial charge in [-0.1, -0.05) is 40.2 Å². The quantitative estimate of drug-likeness (QED) is 0.750. The van der Waals surface area contributed by atoms with Gasteiger partial charge in [0.1, 0.15) is 11.8 Å². The molecule has 26 heavy (non-hydrogen) atoms. The number of benzene rings is 2. The summed E-state index contributed by atoms with van der Waals surface area (Å²) in [6.07, 6.45) is 0.224. The molecule has 5 nitrogen and oxygen atoms in total. The fourth-order valence-electron chi connectivity index (χ4n) is 2.60. The summed E-state index contributed by atoms with van der Waals surface area (Å²) in [7, 11) is 3.18.